The largest absolute Gasteiger partial charge is 0.320 e. The highest BCUT2D eigenvalue weighted by Crippen LogP contribution is 2.37. The standard InChI is InChI=1S/C13H26N2/c1-11(7-9-14-2)15-10-8-12-5-3-4-6-13(12)15/h11-14H,3-10H2,1-2H3. The first-order chi connectivity index (χ1) is 7.33. The lowest BCUT2D eigenvalue weighted by Crippen LogP contribution is -2.41. The molecule has 0 spiro atoms. The fraction of sp³-hybridized carbons (Fsp3) is 1.00. The summed E-state index contributed by atoms with van der Waals surface area (Å²) in [6.07, 6.45) is 8.69. The third kappa shape index (κ3) is 2.54. The zero-order chi connectivity index (χ0) is 10.7. The lowest BCUT2D eigenvalue weighted by atomic mass is 9.85. The van der Waals surface area contributed by atoms with Gasteiger partial charge in [0.15, 0.2) is 0 Å². The van der Waals surface area contributed by atoms with Crippen LogP contribution in [0, 0.1) is 5.92 Å². The highest BCUT2D eigenvalue weighted by Gasteiger charge is 2.37. The molecule has 1 aliphatic carbocycles. The van der Waals surface area contributed by atoms with E-state index in [1.165, 1.54) is 45.1 Å². The van der Waals surface area contributed by atoms with Crippen LogP contribution in [0.1, 0.15) is 45.4 Å². The van der Waals surface area contributed by atoms with E-state index >= 15 is 0 Å². The van der Waals surface area contributed by atoms with Crippen LogP contribution >= 0.6 is 0 Å². The molecule has 1 saturated heterocycles. The monoisotopic (exact) mass is 210 g/mol. The lowest BCUT2D eigenvalue weighted by Gasteiger charge is -2.35. The van der Waals surface area contributed by atoms with Crippen LogP contribution in [0.25, 0.3) is 0 Å². The Morgan fingerprint density at radius 2 is 2.07 bits per heavy atom. The lowest BCUT2D eigenvalue weighted by molar-refractivity contribution is 0.135. The molecule has 0 aromatic carbocycles. The summed E-state index contributed by atoms with van der Waals surface area (Å²) in [4.78, 5) is 2.79. The smallest absolute Gasteiger partial charge is 0.0127 e. The summed E-state index contributed by atoms with van der Waals surface area (Å²) < 4.78 is 0. The minimum atomic E-state index is 0.783. The summed E-state index contributed by atoms with van der Waals surface area (Å²) in [5, 5.41) is 3.27. The number of hydrogen-bond acceptors (Lipinski definition) is 2. The third-order valence-corrected chi connectivity index (χ3v) is 4.43. The highest BCUT2D eigenvalue weighted by molar-refractivity contribution is 4.91. The van der Waals surface area contributed by atoms with Crippen LogP contribution in [0.3, 0.4) is 0 Å². The van der Waals surface area contributed by atoms with E-state index in [4.69, 9.17) is 0 Å². The summed E-state index contributed by atoms with van der Waals surface area (Å²) in [6, 6.07) is 1.72. The van der Waals surface area contributed by atoms with Crippen LogP contribution < -0.4 is 5.32 Å². The molecule has 3 atom stereocenters. The molecule has 2 nitrogen and oxygen atoms in total. The molecule has 0 aromatic heterocycles. The Balaban J connectivity index is 1.86. The van der Waals surface area contributed by atoms with Gasteiger partial charge in [0.05, 0.1) is 0 Å². The Hall–Kier alpha value is -0.0800. The van der Waals surface area contributed by atoms with Gasteiger partial charge in [0.2, 0.25) is 0 Å². The normalized spacial score (nSPS) is 34.0. The Bertz CT molecular complexity index is 193. The second-order valence-electron chi connectivity index (χ2n) is 5.38. The Labute approximate surface area is 94.4 Å². The van der Waals surface area contributed by atoms with Crippen molar-refractivity contribution < 1.29 is 0 Å². The van der Waals surface area contributed by atoms with Gasteiger partial charge in [0.1, 0.15) is 0 Å². The highest BCUT2D eigenvalue weighted by atomic mass is 15.2. The van der Waals surface area contributed by atoms with Gasteiger partial charge in [0.25, 0.3) is 0 Å². The molecule has 0 amide bonds. The van der Waals surface area contributed by atoms with Crippen molar-refractivity contribution in [1.82, 2.24) is 10.2 Å². The van der Waals surface area contributed by atoms with E-state index in [0.717, 1.165) is 24.5 Å². The van der Waals surface area contributed by atoms with Crippen molar-refractivity contribution in [3.63, 3.8) is 0 Å². The minimum absolute atomic E-state index is 0.783. The Kier molecular flexibility index (Phi) is 4.04. The predicted octanol–water partition coefficient (Wildman–Crippen LogP) is 2.25. The van der Waals surface area contributed by atoms with Gasteiger partial charge in [-0.25, -0.2) is 0 Å². The van der Waals surface area contributed by atoms with Crippen LogP contribution in [-0.4, -0.2) is 37.1 Å². The maximum absolute atomic E-state index is 3.27. The molecule has 15 heavy (non-hydrogen) atoms. The van der Waals surface area contributed by atoms with Crippen molar-refractivity contribution in [2.45, 2.75) is 57.5 Å². The molecule has 2 rings (SSSR count). The van der Waals surface area contributed by atoms with E-state index < -0.39 is 0 Å². The zero-order valence-corrected chi connectivity index (χ0v) is 10.3. The Morgan fingerprint density at radius 1 is 1.27 bits per heavy atom. The van der Waals surface area contributed by atoms with E-state index in [1.807, 2.05) is 0 Å². The summed E-state index contributed by atoms with van der Waals surface area (Å²) in [5.74, 6) is 1.04. The van der Waals surface area contributed by atoms with Crippen LogP contribution in [0.2, 0.25) is 0 Å². The van der Waals surface area contributed by atoms with Crippen molar-refractivity contribution >= 4 is 0 Å². The quantitative estimate of drug-likeness (QED) is 0.765. The first-order valence-electron chi connectivity index (χ1n) is 6.73. The van der Waals surface area contributed by atoms with Gasteiger partial charge in [0, 0.05) is 12.1 Å². The summed E-state index contributed by atoms with van der Waals surface area (Å²) in [7, 11) is 2.06. The van der Waals surface area contributed by atoms with Crippen molar-refractivity contribution in [3.8, 4) is 0 Å². The molecule has 88 valence electrons. The van der Waals surface area contributed by atoms with Crippen molar-refractivity contribution in [3.05, 3.63) is 0 Å². The van der Waals surface area contributed by atoms with Gasteiger partial charge in [-0.05, 0) is 58.7 Å². The van der Waals surface area contributed by atoms with E-state index in [2.05, 4.69) is 24.2 Å². The number of likely N-dealkylation sites (tertiary alicyclic amines) is 1. The van der Waals surface area contributed by atoms with Gasteiger partial charge >= 0.3 is 0 Å². The average molecular weight is 210 g/mol. The van der Waals surface area contributed by atoms with Crippen molar-refractivity contribution in [2.24, 2.45) is 5.92 Å². The molecular weight excluding hydrogens is 184 g/mol. The zero-order valence-electron chi connectivity index (χ0n) is 10.3. The first-order valence-corrected chi connectivity index (χ1v) is 6.73. The van der Waals surface area contributed by atoms with Gasteiger partial charge in [-0.1, -0.05) is 12.8 Å². The van der Waals surface area contributed by atoms with E-state index in [-0.39, 0.29) is 0 Å². The molecule has 1 N–H and O–H groups in total. The number of fused-ring (bicyclic) bond motifs is 1. The fourth-order valence-corrected chi connectivity index (χ4v) is 3.51. The Morgan fingerprint density at radius 3 is 2.87 bits per heavy atom. The second-order valence-corrected chi connectivity index (χ2v) is 5.38. The van der Waals surface area contributed by atoms with Gasteiger partial charge in [-0.2, -0.15) is 0 Å². The van der Waals surface area contributed by atoms with Crippen LogP contribution in [0.15, 0.2) is 0 Å². The maximum Gasteiger partial charge on any atom is 0.0127 e. The summed E-state index contributed by atoms with van der Waals surface area (Å²) >= 11 is 0. The molecule has 0 bridgehead atoms. The molecular formula is C13H26N2. The van der Waals surface area contributed by atoms with Crippen molar-refractivity contribution in [2.75, 3.05) is 20.1 Å². The van der Waals surface area contributed by atoms with E-state index in [1.54, 1.807) is 0 Å². The molecule has 0 aromatic rings. The SMILES string of the molecule is CNCCC(C)N1CCC2CCCCC21. The van der Waals surface area contributed by atoms with E-state index in [0.29, 0.717) is 0 Å². The number of nitrogens with one attached hydrogen (secondary N) is 1. The van der Waals surface area contributed by atoms with Crippen LogP contribution in [0.5, 0.6) is 0 Å². The third-order valence-electron chi connectivity index (χ3n) is 4.43. The maximum atomic E-state index is 3.27. The molecule has 1 heterocycles. The number of nitrogens with zero attached hydrogens (tertiary/aromatic N) is 1. The summed E-state index contributed by atoms with van der Waals surface area (Å²) in [6.45, 7) is 4.93. The molecule has 1 saturated carbocycles. The molecule has 2 fully saturated rings. The number of rotatable bonds is 4. The minimum Gasteiger partial charge on any atom is -0.320 e. The van der Waals surface area contributed by atoms with E-state index in [9.17, 15) is 0 Å². The average Bonchev–Trinajstić information content (AvgIpc) is 2.69. The topological polar surface area (TPSA) is 15.3 Å². The van der Waals surface area contributed by atoms with Crippen LogP contribution in [-0.2, 0) is 0 Å². The van der Waals surface area contributed by atoms with Gasteiger partial charge in [-0.15, -0.1) is 0 Å². The number of hydrogen-bond donors (Lipinski definition) is 1. The first kappa shape index (κ1) is 11.4. The molecule has 2 aliphatic rings. The molecule has 2 heteroatoms. The van der Waals surface area contributed by atoms with Gasteiger partial charge < -0.3 is 5.32 Å². The molecule has 0 radical (unpaired) electrons. The second kappa shape index (κ2) is 5.31. The fourth-order valence-electron chi connectivity index (χ4n) is 3.51. The van der Waals surface area contributed by atoms with Crippen molar-refractivity contribution in [1.29, 1.82) is 0 Å². The molecule has 1 aliphatic heterocycles. The predicted molar refractivity (Wildman–Crippen MR) is 65.1 cm³/mol. The molecule has 3 unspecified atom stereocenters. The summed E-state index contributed by atoms with van der Waals surface area (Å²) in [5.41, 5.74) is 0. The van der Waals surface area contributed by atoms with Crippen LogP contribution in [0.4, 0.5) is 0 Å². The van der Waals surface area contributed by atoms with Gasteiger partial charge in [-0.3, -0.25) is 4.90 Å².